The van der Waals surface area contributed by atoms with Crippen molar-refractivity contribution >= 4 is 17.8 Å². The first-order valence-electron chi connectivity index (χ1n) is 8.98. The van der Waals surface area contributed by atoms with Crippen LogP contribution in [0.4, 0.5) is 19.1 Å². The molecule has 0 aromatic carbocycles. The number of nitrogens with one attached hydrogen (secondary N) is 1. The summed E-state index contributed by atoms with van der Waals surface area (Å²) in [4.78, 5) is 31.5. The minimum absolute atomic E-state index is 0.00188. The van der Waals surface area contributed by atoms with Gasteiger partial charge in [0.1, 0.15) is 6.26 Å². The lowest BCUT2D eigenvalue weighted by Gasteiger charge is -2.23. The van der Waals surface area contributed by atoms with Gasteiger partial charge in [-0.1, -0.05) is 0 Å². The molecule has 12 heteroatoms. The quantitative estimate of drug-likeness (QED) is 0.764. The van der Waals surface area contributed by atoms with Crippen LogP contribution < -0.4 is 5.32 Å². The summed E-state index contributed by atoms with van der Waals surface area (Å²) < 4.78 is 42.8. The maximum atomic E-state index is 12.4. The summed E-state index contributed by atoms with van der Waals surface area (Å²) >= 11 is 0. The Balaban J connectivity index is 0.000000318. The van der Waals surface area contributed by atoms with Crippen LogP contribution in [0.2, 0.25) is 0 Å². The van der Waals surface area contributed by atoms with Gasteiger partial charge in [-0.15, -0.1) is 0 Å². The molecule has 4 heterocycles. The third kappa shape index (κ3) is 5.26. The largest absolute Gasteiger partial charge is 0.490 e. The number of furan rings is 1. The Morgan fingerprint density at radius 2 is 2.00 bits per heavy atom. The van der Waals surface area contributed by atoms with Crippen LogP contribution in [0.15, 0.2) is 41.5 Å². The van der Waals surface area contributed by atoms with E-state index in [2.05, 4.69) is 15.3 Å². The van der Waals surface area contributed by atoms with Crippen molar-refractivity contribution in [3.63, 3.8) is 0 Å². The van der Waals surface area contributed by atoms with Gasteiger partial charge in [0.15, 0.2) is 0 Å². The fourth-order valence-electron chi connectivity index (χ4n) is 3.36. The van der Waals surface area contributed by atoms with E-state index >= 15 is 0 Å². The van der Waals surface area contributed by atoms with Gasteiger partial charge >= 0.3 is 12.1 Å². The number of hydrogen-bond donors (Lipinski definition) is 2. The average Bonchev–Trinajstić information content (AvgIpc) is 3.45. The number of alkyl halides is 3. The van der Waals surface area contributed by atoms with Gasteiger partial charge in [0, 0.05) is 25.4 Å². The highest BCUT2D eigenvalue weighted by atomic mass is 19.4. The fourth-order valence-corrected chi connectivity index (χ4v) is 3.36. The third-order valence-electron chi connectivity index (χ3n) is 4.72. The van der Waals surface area contributed by atoms with Crippen molar-refractivity contribution in [1.29, 1.82) is 0 Å². The molecule has 162 valence electrons. The third-order valence-corrected chi connectivity index (χ3v) is 4.72. The number of amides is 1. The number of anilines is 1. The molecule has 1 amide bonds. The van der Waals surface area contributed by atoms with Crippen molar-refractivity contribution < 1.29 is 37.0 Å². The Labute approximate surface area is 168 Å². The molecule has 1 spiro atoms. The van der Waals surface area contributed by atoms with Gasteiger partial charge < -0.3 is 24.5 Å². The van der Waals surface area contributed by atoms with Crippen molar-refractivity contribution in [1.82, 2.24) is 14.9 Å². The summed E-state index contributed by atoms with van der Waals surface area (Å²) in [6.45, 7) is 1.93. The minimum Gasteiger partial charge on any atom is -0.475 e. The van der Waals surface area contributed by atoms with Crippen LogP contribution in [-0.4, -0.2) is 69.4 Å². The molecule has 0 aliphatic carbocycles. The van der Waals surface area contributed by atoms with E-state index in [1.165, 1.54) is 12.5 Å². The molecule has 30 heavy (non-hydrogen) atoms. The highest BCUT2D eigenvalue weighted by molar-refractivity contribution is 5.94. The predicted molar refractivity (Wildman–Crippen MR) is 95.7 cm³/mol. The SMILES string of the molecule is O=C(O)C(F)(F)F.O=C(c1ccoc1)N1CCC2(CC(Nc3ncccn3)CO2)C1. The molecular weight excluding hydrogens is 409 g/mol. The van der Waals surface area contributed by atoms with E-state index in [9.17, 15) is 18.0 Å². The van der Waals surface area contributed by atoms with Crippen LogP contribution in [0.1, 0.15) is 23.2 Å². The van der Waals surface area contributed by atoms with Gasteiger partial charge in [0.25, 0.3) is 5.91 Å². The second-order valence-corrected chi connectivity index (χ2v) is 6.90. The van der Waals surface area contributed by atoms with Gasteiger partial charge in [-0.3, -0.25) is 4.79 Å². The molecular formula is C18H19F3N4O5. The molecule has 2 aliphatic heterocycles. The van der Waals surface area contributed by atoms with E-state index in [0.717, 1.165) is 12.8 Å². The number of carboxylic acid groups (broad SMARTS) is 1. The van der Waals surface area contributed by atoms with Crippen LogP contribution in [0.25, 0.3) is 0 Å². The summed E-state index contributed by atoms with van der Waals surface area (Å²) in [5.74, 6) is -2.14. The number of aliphatic carboxylic acids is 1. The smallest absolute Gasteiger partial charge is 0.475 e. The van der Waals surface area contributed by atoms with Crippen LogP contribution >= 0.6 is 0 Å². The lowest BCUT2D eigenvalue weighted by molar-refractivity contribution is -0.192. The summed E-state index contributed by atoms with van der Waals surface area (Å²) in [6.07, 6.45) is 3.04. The monoisotopic (exact) mass is 428 g/mol. The normalized spacial score (nSPS) is 23.2. The number of carbonyl (C=O) groups is 2. The van der Waals surface area contributed by atoms with Gasteiger partial charge in [0.2, 0.25) is 5.95 Å². The second-order valence-electron chi connectivity index (χ2n) is 6.90. The Morgan fingerprint density at radius 3 is 2.60 bits per heavy atom. The Bertz CT molecular complexity index is 862. The van der Waals surface area contributed by atoms with Crippen molar-refractivity contribution in [2.24, 2.45) is 0 Å². The van der Waals surface area contributed by atoms with Crippen molar-refractivity contribution in [3.05, 3.63) is 42.6 Å². The molecule has 0 saturated carbocycles. The zero-order valence-electron chi connectivity index (χ0n) is 15.6. The van der Waals surface area contributed by atoms with E-state index in [1.54, 1.807) is 24.5 Å². The van der Waals surface area contributed by atoms with Crippen molar-refractivity contribution in [2.75, 3.05) is 25.0 Å². The van der Waals surface area contributed by atoms with Crippen LogP contribution in [0.3, 0.4) is 0 Å². The van der Waals surface area contributed by atoms with Crippen LogP contribution in [-0.2, 0) is 9.53 Å². The highest BCUT2D eigenvalue weighted by Crippen LogP contribution is 2.36. The van der Waals surface area contributed by atoms with Crippen LogP contribution in [0, 0.1) is 0 Å². The number of carbonyl (C=O) groups excluding carboxylic acids is 1. The molecule has 2 aromatic rings. The molecule has 2 fully saturated rings. The molecule has 2 unspecified atom stereocenters. The first-order valence-corrected chi connectivity index (χ1v) is 8.98. The molecule has 2 N–H and O–H groups in total. The van der Waals surface area contributed by atoms with Crippen LogP contribution in [0.5, 0.6) is 0 Å². The number of likely N-dealkylation sites (tertiary alicyclic amines) is 1. The lowest BCUT2D eigenvalue weighted by atomic mass is 9.97. The average molecular weight is 428 g/mol. The lowest BCUT2D eigenvalue weighted by Crippen LogP contribution is -2.36. The van der Waals surface area contributed by atoms with Gasteiger partial charge in [-0.2, -0.15) is 13.2 Å². The Morgan fingerprint density at radius 1 is 1.30 bits per heavy atom. The first kappa shape index (κ1) is 21.6. The number of ether oxygens (including phenoxy) is 1. The Hall–Kier alpha value is -3.15. The Kier molecular flexibility index (Phi) is 6.25. The zero-order chi connectivity index (χ0) is 21.8. The zero-order valence-corrected chi connectivity index (χ0v) is 15.6. The molecule has 0 radical (unpaired) electrons. The van der Waals surface area contributed by atoms with Gasteiger partial charge in [-0.25, -0.2) is 14.8 Å². The summed E-state index contributed by atoms with van der Waals surface area (Å²) in [7, 11) is 0. The molecule has 2 saturated heterocycles. The van der Waals surface area contributed by atoms with E-state index < -0.39 is 12.1 Å². The van der Waals surface area contributed by atoms with Crippen molar-refractivity contribution in [3.8, 4) is 0 Å². The van der Waals surface area contributed by atoms with Gasteiger partial charge in [0.05, 0.1) is 36.6 Å². The predicted octanol–water partition coefficient (Wildman–Crippen LogP) is 2.19. The minimum atomic E-state index is -5.08. The molecule has 4 rings (SSSR count). The number of halogens is 3. The van der Waals surface area contributed by atoms with E-state index in [1.807, 2.05) is 4.90 Å². The van der Waals surface area contributed by atoms with E-state index in [-0.39, 0.29) is 17.6 Å². The molecule has 2 aromatic heterocycles. The number of rotatable bonds is 3. The second kappa shape index (κ2) is 8.69. The standard InChI is InChI=1S/C16H18N4O3.C2HF3O2/c21-14(12-2-7-22-9-12)20-6-3-16(11-20)8-13(10-23-16)19-15-17-4-1-5-18-15;3-2(4,5)1(6)7/h1-2,4-5,7,9,13H,3,6,8,10-11H2,(H,17,18,19);(H,6,7). The number of hydrogen-bond acceptors (Lipinski definition) is 7. The summed E-state index contributed by atoms with van der Waals surface area (Å²) in [5.41, 5.74) is 0.332. The fraction of sp³-hybridized carbons (Fsp3) is 0.444. The number of carboxylic acids is 1. The molecule has 2 atom stereocenters. The van der Waals surface area contributed by atoms with Crippen molar-refractivity contribution in [2.45, 2.75) is 30.7 Å². The molecule has 9 nitrogen and oxygen atoms in total. The topological polar surface area (TPSA) is 118 Å². The summed E-state index contributed by atoms with van der Waals surface area (Å²) in [5, 5.41) is 10.4. The van der Waals surface area contributed by atoms with E-state index in [4.69, 9.17) is 19.1 Å². The maximum absolute atomic E-state index is 12.4. The molecule has 2 aliphatic rings. The first-order chi connectivity index (χ1) is 14.2. The van der Waals surface area contributed by atoms with Gasteiger partial charge in [-0.05, 0) is 18.6 Å². The highest BCUT2D eigenvalue weighted by Gasteiger charge is 2.47. The molecule has 0 bridgehead atoms. The number of aromatic nitrogens is 2. The maximum Gasteiger partial charge on any atom is 0.490 e. The number of nitrogens with zero attached hydrogens (tertiary/aromatic N) is 3. The van der Waals surface area contributed by atoms with E-state index in [0.29, 0.717) is 31.2 Å². The summed E-state index contributed by atoms with van der Waals surface area (Å²) in [6, 6.07) is 3.65.